The molecule has 1 aromatic heterocycles. The first kappa shape index (κ1) is 26.2. The fourth-order valence-electron chi connectivity index (χ4n) is 2.87. The van der Waals surface area contributed by atoms with Crippen LogP contribution in [0.15, 0.2) is 24.3 Å². The number of nitrogens with zero attached hydrogens (tertiary/aromatic N) is 1. The second-order valence-electron chi connectivity index (χ2n) is 7.99. The molecule has 0 radical (unpaired) electrons. The number of carbonyl (C=O) groups is 2. The Morgan fingerprint density at radius 1 is 1.16 bits per heavy atom. The van der Waals surface area contributed by atoms with Crippen molar-refractivity contribution in [1.82, 2.24) is 0 Å². The van der Waals surface area contributed by atoms with Gasteiger partial charge in [0, 0.05) is 24.7 Å². The van der Waals surface area contributed by atoms with Gasteiger partial charge in [0.2, 0.25) is 0 Å². The molecule has 6 nitrogen and oxygen atoms in total. The summed E-state index contributed by atoms with van der Waals surface area (Å²) in [5.41, 5.74) is 0.114. The van der Waals surface area contributed by atoms with Crippen LogP contribution in [-0.2, 0) is 9.47 Å². The van der Waals surface area contributed by atoms with Crippen molar-refractivity contribution in [1.29, 1.82) is 0 Å². The molecule has 0 spiro atoms. The molecule has 0 bridgehead atoms. The zero-order valence-electron chi connectivity index (χ0n) is 18.5. The number of anilines is 1. The molecule has 0 unspecified atom stereocenters. The van der Waals surface area contributed by atoms with Crippen molar-refractivity contribution in [3.63, 3.8) is 0 Å². The number of ether oxygens (including phenoxy) is 2. The Morgan fingerprint density at radius 3 is 2.28 bits per heavy atom. The number of halogens is 2. The van der Waals surface area contributed by atoms with Crippen LogP contribution in [-0.4, -0.2) is 50.5 Å². The van der Waals surface area contributed by atoms with E-state index in [-0.39, 0.29) is 39.8 Å². The van der Waals surface area contributed by atoms with E-state index in [4.69, 9.17) is 32.7 Å². The maximum absolute atomic E-state index is 13.6. The maximum atomic E-state index is 13.6. The number of hydrogen-bond donors (Lipinski definition) is 1. The van der Waals surface area contributed by atoms with Gasteiger partial charge in [0.25, 0.3) is 5.91 Å². The van der Waals surface area contributed by atoms with Crippen LogP contribution in [0.3, 0.4) is 0 Å². The van der Waals surface area contributed by atoms with Crippen molar-refractivity contribution in [3.05, 3.63) is 49.6 Å². The molecule has 32 heavy (non-hydrogen) atoms. The molecule has 0 fully saturated rings. The number of carboxylic acids is 1. The summed E-state index contributed by atoms with van der Waals surface area (Å²) in [6.45, 7) is 6.10. The lowest BCUT2D eigenvalue weighted by atomic mass is 9.98. The van der Waals surface area contributed by atoms with E-state index in [0.29, 0.717) is 9.90 Å². The summed E-state index contributed by atoms with van der Waals surface area (Å²) < 4.78 is 10.6. The first-order valence-corrected chi connectivity index (χ1v) is 11.2. The van der Waals surface area contributed by atoms with Crippen LogP contribution < -0.4 is 4.90 Å². The highest BCUT2D eigenvalue weighted by Crippen LogP contribution is 2.34. The molecule has 1 aromatic carbocycles. The highest BCUT2D eigenvalue weighted by molar-refractivity contribution is 7.15. The van der Waals surface area contributed by atoms with Crippen molar-refractivity contribution < 1.29 is 24.2 Å². The number of aromatic carboxylic acids is 1. The molecule has 0 aliphatic carbocycles. The van der Waals surface area contributed by atoms with Crippen LogP contribution in [0.2, 0.25) is 10.0 Å². The van der Waals surface area contributed by atoms with Crippen molar-refractivity contribution >= 4 is 52.1 Å². The van der Waals surface area contributed by atoms with E-state index in [1.807, 2.05) is 20.8 Å². The van der Waals surface area contributed by atoms with Gasteiger partial charge in [-0.25, -0.2) is 4.79 Å². The van der Waals surface area contributed by atoms with Crippen molar-refractivity contribution in [2.45, 2.75) is 26.8 Å². The molecule has 1 amide bonds. The molecule has 0 aliphatic heterocycles. The molecule has 2 aromatic rings. The van der Waals surface area contributed by atoms with Gasteiger partial charge in [-0.05, 0) is 45.0 Å². The summed E-state index contributed by atoms with van der Waals surface area (Å²) in [6.07, 6.45) is 0. The lowest BCUT2D eigenvalue weighted by Crippen LogP contribution is -2.46. The van der Waals surface area contributed by atoms with Gasteiger partial charge in [0.1, 0.15) is 4.88 Å². The van der Waals surface area contributed by atoms with Gasteiger partial charge in [-0.3, -0.25) is 9.69 Å². The Labute approximate surface area is 202 Å². The number of rotatable bonds is 8. The summed E-state index contributed by atoms with van der Waals surface area (Å²) in [5.74, 6) is 4.44. The predicted molar refractivity (Wildman–Crippen MR) is 128 cm³/mol. The molecular formula is C23H25Cl2NO5S. The second-order valence-corrected chi connectivity index (χ2v) is 9.89. The first-order valence-electron chi connectivity index (χ1n) is 9.65. The van der Waals surface area contributed by atoms with Crippen LogP contribution in [0.4, 0.5) is 5.69 Å². The number of hydrogen-bond acceptors (Lipinski definition) is 5. The molecule has 0 saturated carbocycles. The minimum Gasteiger partial charge on any atom is -0.477 e. The van der Waals surface area contributed by atoms with Gasteiger partial charge in [0.05, 0.1) is 40.4 Å². The molecule has 2 rings (SSSR count). The second kappa shape index (κ2) is 11.2. The highest BCUT2D eigenvalue weighted by atomic mass is 35.5. The smallest absolute Gasteiger partial charge is 0.348 e. The largest absolute Gasteiger partial charge is 0.477 e. The fourth-order valence-corrected chi connectivity index (χ4v) is 4.20. The lowest BCUT2D eigenvalue weighted by molar-refractivity contribution is 0.0701. The molecule has 9 heteroatoms. The van der Waals surface area contributed by atoms with E-state index in [1.54, 1.807) is 12.1 Å². The minimum atomic E-state index is -1.16. The summed E-state index contributed by atoms with van der Waals surface area (Å²) >= 11 is 13.3. The third kappa shape index (κ3) is 6.71. The Kier molecular flexibility index (Phi) is 9.14. The molecule has 1 heterocycles. The zero-order chi connectivity index (χ0) is 24.1. The molecular weight excluding hydrogens is 473 g/mol. The maximum Gasteiger partial charge on any atom is 0.348 e. The molecule has 1 N–H and O–H groups in total. The Bertz CT molecular complexity index is 1040. The van der Waals surface area contributed by atoms with Crippen molar-refractivity contribution in [3.8, 4) is 11.8 Å². The predicted octanol–water partition coefficient (Wildman–Crippen LogP) is 5.46. The van der Waals surface area contributed by atoms with E-state index in [2.05, 4.69) is 11.8 Å². The van der Waals surface area contributed by atoms with Gasteiger partial charge < -0.3 is 14.6 Å². The Morgan fingerprint density at radius 2 is 1.78 bits per heavy atom. The SMILES string of the molecule is COCC(COC)N(C(=O)c1ccc(Cl)cc1Cl)c1cc(C#CC(C)(C)C)sc1C(=O)O. The van der Waals surface area contributed by atoms with E-state index in [0.717, 1.165) is 11.3 Å². The summed E-state index contributed by atoms with van der Waals surface area (Å²) in [6, 6.07) is 5.51. The van der Waals surface area contributed by atoms with E-state index >= 15 is 0 Å². The van der Waals surface area contributed by atoms with Crippen LogP contribution in [0.1, 0.15) is 45.7 Å². The third-order valence-corrected chi connectivity index (χ3v) is 5.77. The molecule has 0 saturated heterocycles. The van der Waals surface area contributed by atoms with Gasteiger partial charge in [-0.2, -0.15) is 0 Å². The average molecular weight is 498 g/mol. The monoisotopic (exact) mass is 497 g/mol. The number of carboxylic acid groups (broad SMARTS) is 1. The lowest BCUT2D eigenvalue weighted by Gasteiger charge is -2.31. The summed E-state index contributed by atoms with van der Waals surface area (Å²) in [7, 11) is 2.99. The van der Waals surface area contributed by atoms with Crippen LogP contribution >= 0.6 is 34.5 Å². The van der Waals surface area contributed by atoms with Crippen molar-refractivity contribution in [2.75, 3.05) is 32.3 Å². The van der Waals surface area contributed by atoms with Crippen LogP contribution in [0.25, 0.3) is 0 Å². The Balaban J connectivity index is 2.70. The third-order valence-electron chi connectivity index (χ3n) is 4.19. The van der Waals surface area contributed by atoms with Crippen LogP contribution in [0.5, 0.6) is 0 Å². The quantitative estimate of drug-likeness (QED) is 0.490. The number of benzene rings is 1. The zero-order valence-corrected chi connectivity index (χ0v) is 20.8. The highest BCUT2D eigenvalue weighted by Gasteiger charge is 2.32. The number of thiophene rings is 1. The van der Waals surface area contributed by atoms with Gasteiger partial charge >= 0.3 is 5.97 Å². The number of amides is 1. The standard InChI is InChI=1S/C23H25Cl2NO5S/c1-23(2,3)9-8-16-11-19(20(32-16)22(28)29)26(15(12-30-4)13-31-5)21(27)17-7-6-14(24)10-18(17)25/h6-7,10-11,15H,12-13H2,1-5H3,(H,28,29). The molecule has 0 aliphatic rings. The number of carbonyl (C=O) groups excluding carboxylic acids is 1. The first-order chi connectivity index (χ1) is 15.0. The normalized spacial score (nSPS) is 11.2. The van der Waals surface area contributed by atoms with Gasteiger partial charge in [-0.15, -0.1) is 11.3 Å². The van der Waals surface area contributed by atoms with Gasteiger partial charge in [-0.1, -0.05) is 35.0 Å². The van der Waals surface area contributed by atoms with Gasteiger partial charge in [0.15, 0.2) is 0 Å². The fraction of sp³-hybridized carbons (Fsp3) is 0.391. The topological polar surface area (TPSA) is 76.1 Å². The van der Waals surface area contributed by atoms with Crippen molar-refractivity contribution in [2.24, 2.45) is 5.41 Å². The van der Waals surface area contributed by atoms with E-state index in [9.17, 15) is 14.7 Å². The molecule has 0 atom stereocenters. The minimum absolute atomic E-state index is 0.0150. The van der Waals surface area contributed by atoms with E-state index in [1.165, 1.54) is 31.3 Å². The van der Waals surface area contributed by atoms with Crippen LogP contribution in [0, 0.1) is 17.3 Å². The number of methoxy groups -OCH3 is 2. The average Bonchev–Trinajstić information content (AvgIpc) is 3.10. The Hall–Kier alpha value is -2.08. The van der Waals surface area contributed by atoms with E-state index < -0.39 is 17.9 Å². The summed E-state index contributed by atoms with van der Waals surface area (Å²) in [5, 5.41) is 10.4. The molecule has 172 valence electrons. The summed E-state index contributed by atoms with van der Waals surface area (Å²) in [4.78, 5) is 27.6.